The molecule has 0 atom stereocenters. The summed E-state index contributed by atoms with van der Waals surface area (Å²) in [7, 11) is -4.80. The molecule has 1 amide bonds. The minimum absolute atomic E-state index is 0.00617. The molecule has 158 valence electrons. The van der Waals surface area contributed by atoms with Crippen LogP contribution in [0.1, 0.15) is 20.8 Å². The van der Waals surface area contributed by atoms with Crippen molar-refractivity contribution in [3.05, 3.63) is 48.5 Å². The van der Waals surface area contributed by atoms with Gasteiger partial charge < -0.3 is 5.32 Å². The highest BCUT2D eigenvalue weighted by Gasteiger charge is 2.22. The van der Waals surface area contributed by atoms with Crippen molar-refractivity contribution in [2.24, 2.45) is 5.41 Å². The van der Waals surface area contributed by atoms with Gasteiger partial charge in [-0.2, -0.15) is 0 Å². The first-order valence-electron chi connectivity index (χ1n) is 8.70. The van der Waals surface area contributed by atoms with Crippen LogP contribution in [-0.4, -0.2) is 41.1 Å². The maximum absolute atomic E-state index is 12.6. The molecular weight excluding hydrogens is 414 g/mol. The van der Waals surface area contributed by atoms with E-state index in [-0.39, 0.29) is 21.4 Å². The fraction of sp³-hybridized carbons (Fsp3) is 0.316. The van der Waals surface area contributed by atoms with Crippen LogP contribution < -0.4 is 10.0 Å². The molecule has 0 aromatic heterocycles. The smallest absolute Gasteiger partial charge is 0.261 e. The van der Waals surface area contributed by atoms with E-state index in [1.807, 2.05) is 0 Å². The topological polar surface area (TPSA) is 113 Å². The van der Waals surface area contributed by atoms with Crippen molar-refractivity contribution >= 4 is 37.3 Å². The first-order valence-corrected chi connectivity index (χ1v) is 11.6. The largest absolute Gasteiger partial charge is 0.326 e. The van der Waals surface area contributed by atoms with Gasteiger partial charge in [0.05, 0.1) is 15.5 Å². The molecule has 2 aromatic rings. The van der Waals surface area contributed by atoms with Crippen molar-refractivity contribution < 1.29 is 21.6 Å². The minimum atomic E-state index is -3.94. The van der Waals surface area contributed by atoms with Crippen LogP contribution in [0.25, 0.3) is 0 Å². The minimum Gasteiger partial charge on any atom is -0.326 e. The Balaban J connectivity index is 2.24. The monoisotopic (exact) mass is 439 g/mol. The summed E-state index contributed by atoms with van der Waals surface area (Å²) in [6, 6.07) is 11.3. The Morgan fingerprint density at radius 3 is 1.90 bits per heavy atom. The average Bonchev–Trinajstić information content (AvgIpc) is 2.60. The molecule has 0 saturated heterocycles. The van der Waals surface area contributed by atoms with Crippen molar-refractivity contribution in [2.45, 2.75) is 30.6 Å². The predicted octanol–water partition coefficient (Wildman–Crippen LogP) is 2.72. The van der Waals surface area contributed by atoms with Crippen LogP contribution in [0.2, 0.25) is 0 Å². The van der Waals surface area contributed by atoms with E-state index >= 15 is 0 Å². The van der Waals surface area contributed by atoms with Crippen LogP contribution in [0.4, 0.5) is 11.4 Å². The van der Waals surface area contributed by atoms with Crippen LogP contribution in [0.5, 0.6) is 0 Å². The van der Waals surface area contributed by atoms with E-state index in [0.717, 1.165) is 4.31 Å². The SMILES string of the molecule is CN(C)S(=O)(=O)c1ccc(S(=O)(=O)Nc2cccc(NC(=O)C(C)(C)C)c2)cc1. The number of anilines is 2. The number of nitrogens with one attached hydrogen (secondary N) is 2. The Labute approximate surface area is 172 Å². The number of carbonyl (C=O) groups is 1. The first-order chi connectivity index (χ1) is 13.2. The van der Waals surface area contributed by atoms with E-state index in [0.29, 0.717) is 5.69 Å². The summed E-state index contributed by atoms with van der Waals surface area (Å²) in [5.41, 5.74) is 0.128. The molecule has 0 unspecified atom stereocenters. The molecule has 0 bridgehead atoms. The molecular formula is C19H25N3O5S2. The second-order valence-corrected chi connectivity index (χ2v) is 11.5. The van der Waals surface area contributed by atoms with Gasteiger partial charge in [0.2, 0.25) is 15.9 Å². The lowest BCUT2D eigenvalue weighted by molar-refractivity contribution is -0.123. The Morgan fingerprint density at radius 1 is 0.862 bits per heavy atom. The lowest BCUT2D eigenvalue weighted by Gasteiger charge is -2.18. The molecule has 2 N–H and O–H groups in total. The molecule has 8 nitrogen and oxygen atoms in total. The molecule has 2 aromatic carbocycles. The molecule has 0 radical (unpaired) electrons. The van der Waals surface area contributed by atoms with Gasteiger partial charge in [-0.05, 0) is 42.5 Å². The number of carbonyl (C=O) groups excluding carboxylic acids is 1. The zero-order chi connectivity index (χ0) is 22.0. The van der Waals surface area contributed by atoms with E-state index in [1.165, 1.54) is 44.4 Å². The number of nitrogens with zero attached hydrogens (tertiary/aromatic N) is 1. The third kappa shape index (κ3) is 5.55. The van der Waals surface area contributed by atoms with E-state index in [4.69, 9.17) is 0 Å². The highest BCUT2D eigenvalue weighted by molar-refractivity contribution is 7.92. The van der Waals surface area contributed by atoms with Gasteiger partial charge in [-0.3, -0.25) is 9.52 Å². The highest BCUT2D eigenvalue weighted by Crippen LogP contribution is 2.23. The van der Waals surface area contributed by atoms with Crippen molar-refractivity contribution in [1.29, 1.82) is 0 Å². The number of benzene rings is 2. The summed E-state index contributed by atoms with van der Waals surface area (Å²) >= 11 is 0. The number of rotatable bonds is 6. The van der Waals surface area contributed by atoms with Gasteiger partial charge in [0.15, 0.2) is 0 Å². The van der Waals surface area contributed by atoms with Gasteiger partial charge in [-0.25, -0.2) is 21.1 Å². The lowest BCUT2D eigenvalue weighted by atomic mass is 9.95. The second kappa shape index (κ2) is 8.13. The molecule has 0 saturated carbocycles. The summed E-state index contributed by atoms with van der Waals surface area (Å²) in [6.07, 6.45) is 0. The number of amides is 1. The number of sulfonamides is 2. The Kier molecular flexibility index (Phi) is 6.41. The van der Waals surface area contributed by atoms with Gasteiger partial charge in [0.1, 0.15) is 0 Å². The third-order valence-corrected chi connectivity index (χ3v) is 7.19. The summed E-state index contributed by atoms with van der Waals surface area (Å²) in [5.74, 6) is -0.199. The second-order valence-electron chi connectivity index (χ2n) is 7.65. The van der Waals surface area contributed by atoms with Crippen LogP contribution in [0, 0.1) is 5.41 Å². The van der Waals surface area contributed by atoms with E-state index in [2.05, 4.69) is 10.0 Å². The van der Waals surface area contributed by atoms with Crippen LogP contribution in [-0.2, 0) is 24.8 Å². The first kappa shape index (κ1) is 22.9. The summed E-state index contributed by atoms with van der Waals surface area (Å²) in [5, 5.41) is 2.74. The predicted molar refractivity (Wildman–Crippen MR) is 113 cm³/mol. The van der Waals surface area contributed by atoms with E-state index in [1.54, 1.807) is 39.0 Å². The van der Waals surface area contributed by atoms with Crippen molar-refractivity contribution in [1.82, 2.24) is 4.31 Å². The molecule has 29 heavy (non-hydrogen) atoms. The Bertz CT molecular complexity index is 1100. The fourth-order valence-corrected chi connectivity index (χ4v) is 4.15. The zero-order valence-electron chi connectivity index (χ0n) is 16.9. The Morgan fingerprint density at radius 2 is 1.38 bits per heavy atom. The average molecular weight is 440 g/mol. The number of hydrogen-bond donors (Lipinski definition) is 2. The van der Waals surface area contributed by atoms with Gasteiger partial charge >= 0.3 is 0 Å². The summed E-state index contributed by atoms with van der Waals surface area (Å²) < 4.78 is 53.0. The van der Waals surface area contributed by atoms with Crippen LogP contribution in [0.15, 0.2) is 58.3 Å². The molecule has 0 aliphatic rings. The maximum Gasteiger partial charge on any atom is 0.261 e. The molecule has 10 heteroatoms. The summed E-state index contributed by atoms with van der Waals surface area (Å²) in [6.45, 7) is 5.32. The Hall–Kier alpha value is -2.43. The summed E-state index contributed by atoms with van der Waals surface area (Å²) in [4.78, 5) is 12.0. The maximum atomic E-state index is 12.6. The zero-order valence-corrected chi connectivity index (χ0v) is 18.6. The molecule has 2 rings (SSSR count). The molecule has 0 fully saturated rings. The van der Waals surface area contributed by atoms with Gasteiger partial charge in [0.25, 0.3) is 10.0 Å². The standard InChI is InChI=1S/C19H25N3O5S2/c1-19(2,3)18(23)20-14-7-6-8-15(13-14)21-28(24,25)16-9-11-17(12-10-16)29(26,27)22(4)5/h6-13,21H,1-5H3,(H,20,23). The fourth-order valence-electron chi connectivity index (χ4n) is 2.19. The molecule has 0 aliphatic heterocycles. The van der Waals surface area contributed by atoms with Crippen LogP contribution >= 0.6 is 0 Å². The van der Waals surface area contributed by atoms with Crippen molar-refractivity contribution in [2.75, 3.05) is 24.1 Å². The molecule has 0 spiro atoms. The van der Waals surface area contributed by atoms with Gasteiger partial charge in [0, 0.05) is 25.2 Å². The van der Waals surface area contributed by atoms with Gasteiger partial charge in [-0.15, -0.1) is 0 Å². The van der Waals surface area contributed by atoms with E-state index < -0.39 is 25.5 Å². The molecule has 0 heterocycles. The lowest BCUT2D eigenvalue weighted by Crippen LogP contribution is -2.27. The van der Waals surface area contributed by atoms with E-state index in [9.17, 15) is 21.6 Å². The normalized spacial score (nSPS) is 12.6. The van der Waals surface area contributed by atoms with Gasteiger partial charge in [-0.1, -0.05) is 26.8 Å². The third-order valence-electron chi connectivity index (χ3n) is 3.97. The molecule has 0 aliphatic carbocycles. The van der Waals surface area contributed by atoms with Crippen molar-refractivity contribution in [3.63, 3.8) is 0 Å². The highest BCUT2D eigenvalue weighted by atomic mass is 32.2. The quantitative estimate of drug-likeness (QED) is 0.719. The van der Waals surface area contributed by atoms with Crippen LogP contribution in [0.3, 0.4) is 0 Å². The van der Waals surface area contributed by atoms with Crippen molar-refractivity contribution in [3.8, 4) is 0 Å². The number of hydrogen-bond acceptors (Lipinski definition) is 5.